The molecule has 2 aromatic heterocycles. The van der Waals surface area contributed by atoms with Gasteiger partial charge < -0.3 is 40.7 Å². The Hall–Kier alpha value is -4.79. The van der Waals surface area contributed by atoms with Crippen LogP contribution in [0.15, 0.2) is 60.8 Å². The van der Waals surface area contributed by atoms with E-state index < -0.39 is 29.4 Å². The molecular formula is C37H37Cl2N5O8. The number of nitrogens with one attached hydrogen (secondary N) is 3. The molecule has 272 valence electrons. The van der Waals surface area contributed by atoms with Gasteiger partial charge in [-0.25, -0.2) is 4.98 Å². The topological polar surface area (TPSA) is 192 Å². The summed E-state index contributed by atoms with van der Waals surface area (Å²) in [6, 6.07) is 16.2. The number of pyridine rings is 2. The van der Waals surface area contributed by atoms with Gasteiger partial charge in [-0.1, -0.05) is 59.6 Å². The van der Waals surface area contributed by atoms with Crippen molar-refractivity contribution in [3.8, 4) is 22.9 Å². The lowest BCUT2D eigenvalue weighted by atomic mass is 9.76. The Morgan fingerprint density at radius 2 is 1.81 bits per heavy atom. The lowest BCUT2D eigenvalue weighted by Gasteiger charge is -2.38. The van der Waals surface area contributed by atoms with Crippen molar-refractivity contribution < 1.29 is 39.2 Å². The van der Waals surface area contributed by atoms with Gasteiger partial charge in [-0.15, -0.1) is 0 Å². The monoisotopic (exact) mass is 749 g/mol. The van der Waals surface area contributed by atoms with Crippen LogP contribution in [0.3, 0.4) is 0 Å². The molecule has 52 heavy (non-hydrogen) atoms. The lowest BCUT2D eigenvalue weighted by molar-refractivity contribution is -0.152. The van der Waals surface area contributed by atoms with Gasteiger partial charge >= 0.3 is 11.9 Å². The predicted octanol–water partition coefficient (Wildman–Crippen LogP) is 4.92. The maximum absolute atomic E-state index is 13.6. The van der Waals surface area contributed by atoms with Crippen LogP contribution in [-0.2, 0) is 29.0 Å². The van der Waals surface area contributed by atoms with Gasteiger partial charge in [0, 0.05) is 43.5 Å². The van der Waals surface area contributed by atoms with Crippen LogP contribution in [0.2, 0.25) is 10.0 Å². The van der Waals surface area contributed by atoms with Gasteiger partial charge in [0.15, 0.2) is 0 Å². The fraction of sp³-hybridized carbons (Fsp3) is 0.324. The fourth-order valence-electron chi connectivity index (χ4n) is 6.58. The highest BCUT2D eigenvalue weighted by molar-refractivity contribution is 6.37. The number of ether oxygens (including phenoxy) is 2. The number of nitrogens with zero attached hydrogens (tertiary/aromatic N) is 2. The Bertz CT molecular complexity index is 2010. The molecular weight excluding hydrogens is 713 g/mol. The molecule has 2 aromatic carbocycles. The molecule has 2 aliphatic rings. The summed E-state index contributed by atoms with van der Waals surface area (Å²) < 4.78 is 11.8. The quantitative estimate of drug-likeness (QED) is 0.0963. The van der Waals surface area contributed by atoms with Gasteiger partial charge in [-0.05, 0) is 59.7 Å². The van der Waals surface area contributed by atoms with E-state index in [1.54, 1.807) is 36.5 Å². The Balaban J connectivity index is 1.19. The van der Waals surface area contributed by atoms with E-state index in [0.717, 1.165) is 16.7 Å². The van der Waals surface area contributed by atoms with Gasteiger partial charge in [0.05, 0.1) is 35.6 Å². The second kappa shape index (κ2) is 15.8. The van der Waals surface area contributed by atoms with Gasteiger partial charge in [-0.3, -0.25) is 14.4 Å². The van der Waals surface area contributed by atoms with Crippen LogP contribution < -0.4 is 25.4 Å². The molecule has 13 nitrogen and oxygen atoms in total. The van der Waals surface area contributed by atoms with E-state index in [0.29, 0.717) is 42.6 Å². The number of carboxylic acids is 2. The van der Waals surface area contributed by atoms with E-state index in [2.05, 4.69) is 25.9 Å². The third-order valence-corrected chi connectivity index (χ3v) is 10.00. The summed E-state index contributed by atoms with van der Waals surface area (Å²) in [6.45, 7) is 0.951. The van der Waals surface area contributed by atoms with Crippen molar-refractivity contribution in [3.05, 3.63) is 98.7 Å². The van der Waals surface area contributed by atoms with Gasteiger partial charge in [0.2, 0.25) is 11.8 Å². The summed E-state index contributed by atoms with van der Waals surface area (Å²) in [7, 11) is 1.47. The van der Waals surface area contributed by atoms with E-state index in [1.807, 2.05) is 24.3 Å². The summed E-state index contributed by atoms with van der Waals surface area (Å²) >= 11 is 13.6. The number of aliphatic hydroxyl groups is 1. The minimum Gasteiger partial charge on any atom is -0.481 e. The molecule has 1 aliphatic carbocycles. The number of hydrogen-bond acceptors (Lipinski definition) is 10. The predicted molar refractivity (Wildman–Crippen MR) is 193 cm³/mol. The maximum Gasteiger partial charge on any atom is 0.312 e. The van der Waals surface area contributed by atoms with Crippen LogP contribution >= 0.6 is 23.2 Å². The molecule has 0 radical (unpaired) electrons. The second-order valence-corrected chi connectivity index (χ2v) is 13.6. The lowest BCUT2D eigenvalue weighted by Crippen LogP contribution is -2.59. The zero-order valence-corrected chi connectivity index (χ0v) is 29.6. The van der Waals surface area contributed by atoms with Crippen molar-refractivity contribution in [3.63, 3.8) is 0 Å². The highest BCUT2D eigenvalue weighted by Gasteiger charge is 2.45. The van der Waals surface area contributed by atoms with Gasteiger partial charge in [0.1, 0.15) is 16.9 Å². The van der Waals surface area contributed by atoms with Crippen LogP contribution in [0, 0.1) is 5.41 Å². The van der Waals surface area contributed by atoms with Gasteiger partial charge in [0.25, 0.3) is 5.91 Å². The molecule has 0 bridgehead atoms. The van der Waals surface area contributed by atoms with E-state index in [9.17, 15) is 24.6 Å². The number of hydrogen-bond donors (Lipinski definition) is 6. The molecule has 15 heteroatoms. The van der Waals surface area contributed by atoms with Gasteiger partial charge in [-0.2, -0.15) is 4.98 Å². The number of halogens is 2. The molecule has 1 amide bonds. The average Bonchev–Trinajstić information content (AvgIpc) is 3.50. The summed E-state index contributed by atoms with van der Waals surface area (Å²) in [5.74, 6) is -1.73. The van der Waals surface area contributed by atoms with Crippen molar-refractivity contribution >= 4 is 46.9 Å². The first-order chi connectivity index (χ1) is 25.0. The van der Waals surface area contributed by atoms with Crippen LogP contribution in [0.4, 0.5) is 5.82 Å². The number of aromatic nitrogens is 2. The smallest absolute Gasteiger partial charge is 0.312 e. The second-order valence-electron chi connectivity index (χ2n) is 12.8. The minimum absolute atomic E-state index is 0.0581. The molecule has 0 saturated carbocycles. The van der Waals surface area contributed by atoms with E-state index >= 15 is 0 Å². The first-order valence-corrected chi connectivity index (χ1v) is 17.4. The largest absolute Gasteiger partial charge is 0.481 e. The third-order valence-electron chi connectivity index (χ3n) is 9.32. The number of aliphatic hydroxyl groups excluding tert-OH is 1. The molecule has 1 fully saturated rings. The normalized spacial score (nSPS) is 16.3. The molecule has 3 heterocycles. The van der Waals surface area contributed by atoms with Crippen LogP contribution in [0.25, 0.3) is 11.1 Å². The number of aliphatic carboxylic acids is 2. The molecule has 6 rings (SSSR count). The van der Waals surface area contributed by atoms with Crippen molar-refractivity contribution in [1.82, 2.24) is 20.6 Å². The number of carboxylic acid groups (broad SMARTS) is 2. The Kier molecular flexibility index (Phi) is 11.3. The third kappa shape index (κ3) is 7.83. The number of carbonyl (C=O) groups excluding carboxylic acids is 1. The van der Waals surface area contributed by atoms with Crippen LogP contribution in [0.5, 0.6) is 11.8 Å². The number of fused-ring (bicyclic) bond motifs is 1. The SMILES string of the molecule is COc1nc(O[C@H]2CCc3c(-c4cccc(C(=O)Nc5ncccc5CC5(C(=O)O)CNC5)c4Cl)cccc32)c(Cl)cc1CNC[C@@H](O)CC(=O)O. The first-order valence-electron chi connectivity index (χ1n) is 16.6. The molecule has 0 unspecified atom stereocenters. The standard InChI is InChI=1S/C37H37Cl2N5O8/c1-51-34-21(16-40-17-22(45)14-30(46)47)13-28(38)35(44-34)52-29-11-10-24-23(6-2-7-25(24)29)26-8-3-9-27(31(26)39)33(48)43-32-20(5-4-12-42-32)15-37(36(49)50)18-41-19-37/h2-9,12-13,22,29,40-41,45H,10-11,14-19H2,1H3,(H,46,47)(H,49,50)(H,42,43,48)/t22-,29-/m0/s1. The van der Waals surface area contributed by atoms with Crippen molar-refractivity contribution in [2.75, 3.05) is 32.1 Å². The fourth-order valence-corrected chi connectivity index (χ4v) is 7.11. The zero-order valence-electron chi connectivity index (χ0n) is 28.1. The molecule has 1 aliphatic heterocycles. The number of methoxy groups -OCH3 is 1. The number of anilines is 1. The summed E-state index contributed by atoms with van der Waals surface area (Å²) in [4.78, 5) is 45.3. The zero-order chi connectivity index (χ0) is 37.0. The number of amides is 1. The minimum atomic E-state index is -1.09. The Labute approximate surface area is 309 Å². The Morgan fingerprint density at radius 1 is 1.04 bits per heavy atom. The molecule has 0 spiro atoms. The maximum atomic E-state index is 13.6. The van der Waals surface area contributed by atoms with E-state index in [1.165, 1.54) is 7.11 Å². The highest BCUT2D eigenvalue weighted by Crippen LogP contribution is 2.43. The number of carbonyl (C=O) groups is 3. The van der Waals surface area contributed by atoms with Crippen LogP contribution in [0.1, 0.15) is 51.6 Å². The first kappa shape index (κ1) is 37.0. The Morgan fingerprint density at radius 3 is 2.52 bits per heavy atom. The molecule has 6 N–H and O–H groups in total. The average molecular weight is 751 g/mol. The molecule has 4 aromatic rings. The summed E-state index contributed by atoms with van der Waals surface area (Å²) in [6.07, 6.45) is 1.23. The van der Waals surface area contributed by atoms with Crippen molar-refractivity contribution in [1.29, 1.82) is 0 Å². The molecule has 2 atom stereocenters. The van der Waals surface area contributed by atoms with Crippen LogP contribution in [-0.4, -0.2) is 76.0 Å². The summed E-state index contributed by atoms with van der Waals surface area (Å²) in [5, 5.41) is 37.9. The highest BCUT2D eigenvalue weighted by atomic mass is 35.5. The summed E-state index contributed by atoms with van der Waals surface area (Å²) in [5.41, 5.74) is 3.96. The number of rotatable bonds is 15. The van der Waals surface area contributed by atoms with Crippen molar-refractivity contribution in [2.45, 2.75) is 44.4 Å². The van der Waals surface area contributed by atoms with Crippen molar-refractivity contribution in [2.24, 2.45) is 5.41 Å². The molecule has 1 saturated heterocycles. The van der Waals surface area contributed by atoms with E-state index in [-0.39, 0.29) is 65.2 Å². The van der Waals surface area contributed by atoms with E-state index in [4.69, 9.17) is 37.8 Å². The number of benzene rings is 2.